The van der Waals surface area contributed by atoms with Crippen LogP contribution in [0.2, 0.25) is 0 Å². The minimum Gasteiger partial charge on any atom is -0.378 e. The Morgan fingerprint density at radius 3 is 2.60 bits per heavy atom. The number of nitrogens with zero attached hydrogens (tertiary/aromatic N) is 4. The first-order chi connectivity index (χ1) is 9.85. The van der Waals surface area contributed by atoms with Crippen molar-refractivity contribution in [3.05, 3.63) is 0 Å². The summed E-state index contributed by atoms with van der Waals surface area (Å²) in [6, 6.07) is 0. The highest BCUT2D eigenvalue weighted by molar-refractivity contribution is 7.99. The van der Waals surface area contributed by atoms with Crippen LogP contribution in [0, 0.1) is 0 Å². The number of thioether (sulfide) groups is 1. The van der Waals surface area contributed by atoms with Gasteiger partial charge in [0.25, 0.3) is 0 Å². The molecule has 1 N–H and O–H groups in total. The van der Waals surface area contributed by atoms with Gasteiger partial charge in [0, 0.05) is 25.4 Å². The molecule has 1 aliphatic carbocycles. The van der Waals surface area contributed by atoms with Crippen molar-refractivity contribution < 1.29 is 4.74 Å². The summed E-state index contributed by atoms with van der Waals surface area (Å²) in [5, 5.41) is 4.55. The highest BCUT2D eigenvalue weighted by atomic mass is 32.2. The van der Waals surface area contributed by atoms with Gasteiger partial charge in [-0.1, -0.05) is 24.6 Å². The standard InChI is InChI=1S/C13H21N5OS/c1-14-11-15-12(18-6-8-19-9-7-18)17-13(16-11)20-10-4-2-3-5-10/h10H,2-9H2,1H3,(H,14,15,16,17). The first kappa shape index (κ1) is 13.9. The molecule has 110 valence electrons. The molecule has 0 aromatic carbocycles. The molecule has 6 nitrogen and oxygen atoms in total. The maximum Gasteiger partial charge on any atom is 0.231 e. The molecule has 1 saturated carbocycles. The maximum absolute atomic E-state index is 5.38. The van der Waals surface area contributed by atoms with Crippen molar-refractivity contribution >= 4 is 23.7 Å². The predicted molar refractivity (Wildman–Crippen MR) is 80.5 cm³/mol. The summed E-state index contributed by atoms with van der Waals surface area (Å²) in [6.07, 6.45) is 5.21. The number of ether oxygens (including phenoxy) is 1. The Hall–Kier alpha value is -1.08. The van der Waals surface area contributed by atoms with Crippen LogP contribution in [0.4, 0.5) is 11.9 Å². The fraction of sp³-hybridized carbons (Fsp3) is 0.769. The van der Waals surface area contributed by atoms with Crippen molar-refractivity contribution in [3.8, 4) is 0 Å². The summed E-state index contributed by atoms with van der Waals surface area (Å²) >= 11 is 1.80. The quantitative estimate of drug-likeness (QED) is 0.908. The first-order valence-electron chi connectivity index (χ1n) is 7.28. The van der Waals surface area contributed by atoms with E-state index in [1.807, 2.05) is 7.05 Å². The summed E-state index contributed by atoms with van der Waals surface area (Å²) in [6.45, 7) is 3.18. The van der Waals surface area contributed by atoms with E-state index in [0.29, 0.717) is 11.2 Å². The Kier molecular flexibility index (Phi) is 4.57. The number of hydrogen-bond donors (Lipinski definition) is 1. The Morgan fingerprint density at radius 2 is 1.90 bits per heavy atom. The molecule has 0 atom stereocenters. The van der Waals surface area contributed by atoms with E-state index in [1.54, 1.807) is 11.8 Å². The van der Waals surface area contributed by atoms with Gasteiger partial charge in [-0.25, -0.2) is 0 Å². The van der Waals surface area contributed by atoms with Gasteiger partial charge in [-0.05, 0) is 12.8 Å². The highest BCUT2D eigenvalue weighted by Crippen LogP contribution is 2.33. The summed E-state index contributed by atoms with van der Waals surface area (Å²) in [5.74, 6) is 1.43. The molecule has 2 aliphatic rings. The molecule has 2 heterocycles. The second-order valence-corrected chi connectivity index (χ2v) is 6.38. The van der Waals surface area contributed by atoms with Gasteiger partial charge in [0.15, 0.2) is 5.16 Å². The van der Waals surface area contributed by atoms with Gasteiger partial charge in [0.1, 0.15) is 0 Å². The third kappa shape index (κ3) is 3.32. The molecule has 1 aromatic rings. The van der Waals surface area contributed by atoms with Gasteiger partial charge in [0.2, 0.25) is 11.9 Å². The van der Waals surface area contributed by atoms with Crippen molar-refractivity contribution in [2.45, 2.75) is 36.1 Å². The minimum absolute atomic E-state index is 0.655. The topological polar surface area (TPSA) is 63.2 Å². The van der Waals surface area contributed by atoms with Crippen molar-refractivity contribution in [2.24, 2.45) is 0 Å². The van der Waals surface area contributed by atoms with Crippen LogP contribution in [0.15, 0.2) is 5.16 Å². The van der Waals surface area contributed by atoms with Gasteiger partial charge in [-0.3, -0.25) is 0 Å². The molecule has 1 aliphatic heterocycles. The molecule has 0 bridgehead atoms. The molecule has 1 aromatic heterocycles. The molecule has 0 unspecified atom stereocenters. The van der Waals surface area contributed by atoms with Crippen LogP contribution in [0.1, 0.15) is 25.7 Å². The Morgan fingerprint density at radius 1 is 1.15 bits per heavy atom. The van der Waals surface area contributed by atoms with Gasteiger partial charge in [0.05, 0.1) is 13.2 Å². The van der Waals surface area contributed by atoms with E-state index < -0.39 is 0 Å². The normalized spacial score (nSPS) is 20.4. The number of nitrogens with one attached hydrogen (secondary N) is 1. The molecule has 0 spiro atoms. The summed E-state index contributed by atoms with van der Waals surface area (Å²) in [4.78, 5) is 15.8. The highest BCUT2D eigenvalue weighted by Gasteiger charge is 2.20. The second-order valence-electron chi connectivity index (χ2n) is 5.12. The van der Waals surface area contributed by atoms with E-state index in [1.165, 1.54) is 25.7 Å². The largest absolute Gasteiger partial charge is 0.378 e. The number of aromatic nitrogens is 3. The average molecular weight is 295 g/mol. The van der Waals surface area contributed by atoms with Crippen LogP contribution < -0.4 is 10.2 Å². The van der Waals surface area contributed by atoms with E-state index >= 15 is 0 Å². The van der Waals surface area contributed by atoms with Gasteiger partial charge in [-0.2, -0.15) is 15.0 Å². The monoisotopic (exact) mass is 295 g/mol. The Balaban J connectivity index is 1.77. The summed E-state index contributed by atoms with van der Waals surface area (Å²) < 4.78 is 5.38. The Bertz CT molecular complexity index is 446. The summed E-state index contributed by atoms with van der Waals surface area (Å²) in [5.41, 5.74) is 0. The molecule has 3 rings (SSSR count). The zero-order valence-corrected chi connectivity index (χ0v) is 12.7. The van der Waals surface area contributed by atoms with E-state index in [0.717, 1.165) is 37.4 Å². The molecule has 1 saturated heterocycles. The summed E-state index contributed by atoms with van der Waals surface area (Å²) in [7, 11) is 1.85. The third-order valence-electron chi connectivity index (χ3n) is 3.69. The van der Waals surface area contributed by atoms with E-state index in [4.69, 9.17) is 4.74 Å². The number of rotatable bonds is 4. The second kappa shape index (κ2) is 6.58. The van der Waals surface area contributed by atoms with Crippen LogP contribution in [-0.2, 0) is 4.74 Å². The van der Waals surface area contributed by atoms with E-state index in [9.17, 15) is 0 Å². The first-order valence-corrected chi connectivity index (χ1v) is 8.16. The lowest BCUT2D eigenvalue weighted by molar-refractivity contribution is 0.122. The van der Waals surface area contributed by atoms with Crippen molar-refractivity contribution in [1.29, 1.82) is 0 Å². The number of hydrogen-bond acceptors (Lipinski definition) is 7. The molecule has 0 radical (unpaired) electrons. The third-order valence-corrected chi connectivity index (χ3v) is 4.89. The van der Waals surface area contributed by atoms with Gasteiger partial charge < -0.3 is 15.0 Å². The molecule has 0 amide bonds. The minimum atomic E-state index is 0.655. The van der Waals surface area contributed by atoms with Crippen LogP contribution in [0.5, 0.6) is 0 Å². The van der Waals surface area contributed by atoms with E-state index in [2.05, 4.69) is 25.2 Å². The van der Waals surface area contributed by atoms with Crippen LogP contribution in [0.3, 0.4) is 0 Å². The number of anilines is 2. The average Bonchev–Trinajstić information content (AvgIpc) is 3.00. The lowest BCUT2D eigenvalue weighted by Crippen LogP contribution is -2.37. The Labute approximate surface area is 123 Å². The van der Waals surface area contributed by atoms with Crippen LogP contribution in [-0.4, -0.2) is 53.6 Å². The van der Waals surface area contributed by atoms with Crippen LogP contribution in [0.25, 0.3) is 0 Å². The molecular weight excluding hydrogens is 274 g/mol. The SMILES string of the molecule is CNc1nc(SC2CCCC2)nc(N2CCOCC2)n1. The lowest BCUT2D eigenvalue weighted by atomic mass is 10.4. The zero-order valence-electron chi connectivity index (χ0n) is 11.8. The molecule has 20 heavy (non-hydrogen) atoms. The van der Waals surface area contributed by atoms with Crippen molar-refractivity contribution in [3.63, 3.8) is 0 Å². The molecular formula is C13H21N5OS. The van der Waals surface area contributed by atoms with E-state index in [-0.39, 0.29) is 0 Å². The predicted octanol–water partition coefficient (Wildman–Crippen LogP) is 1.78. The smallest absolute Gasteiger partial charge is 0.231 e. The van der Waals surface area contributed by atoms with Crippen LogP contribution >= 0.6 is 11.8 Å². The lowest BCUT2D eigenvalue weighted by Gasteiger charge is -2.27. The fourth-order valence-corrected chi connectivity index (χ4v) is 3.71. The number of morpholine rings is 1. The van der Waals surface area contributed by atoms with Gasteiger partial charge >= 0.3 is 0 Å². The molecule has 2 fully saturated rings. The maximum atomic E-state index is 5.38. The molecule has 7 heteroatoms. The zero-order chi connectivity index (χ0) is 13.8. The van der Waals surface area contributed by atoms with Gasteiger partial charge in [-0.15, -0.1) is 0 Å². The van der Waals surface area contributed by atoms with Crippen molar-refractivity contribution in [1.82, 2.24) is 15.0 Å². The van der Waals surface area contributed by atoms with Crippen molar-refractivity contribution in [2.75, 3.05) is 43.6 Å². The fourth-order valence-electron chi connectivity index (χ4n) is 2.57.